The van der Waals surface area contributed by atoms with E-state index in [2.05, 4.69) is 29.5 Å². The number of amides is 1. The average Bonchev–Trinajstić information content (AvgIpc) is 3.87. The van der Waals surface area contributed by atoms with Gasteiger partial charge >= 0.3 is 12.1 Å². The van der Waals surface area contributed by atoms with Gasteiger partial charge in [0, 0.05) is 44.1 Å². The van der Waals surface area contributed by atoms with Crippen molar-refractivity contribution in [1.82, 2.24) is 10.3 Å². The number of rotatable bonds is 14. The number of pyridine rings is 1. The summed E-state index contributed by atoms with van der Waals surface area (Å²) in [6.45, 7) is 12.0. The molecule has 1 aromatic rings. The maximum Gasteiger partial charge on any atom is 0.407 e. The molecule has 11 atom stereocenters. The van der Waals surface area contributed by atoms with Crippen LogP contribution in [0, 0.1) is 17.8 Å². The van der Waals surface area contributed by atoms with E-state index in [9.17, 15) is 24.9 Å². The van der Waals surface area contributed by atoms with Crippen molar-refractivity contribution in [1.29, 1.82) is 0 Å². The van der Waals surface area contributed by atoms with Gasteiger partial charge in [0.2, 0.25) is 0 Å². The number of hydrogen-bond donors (Lipinski definition) is 5. The lowest BCUT2D eigenvalue weighted by molar-refractivity contribution is -0.151. The molecule has 0 aliphatic carbocycles. The number of methoxy groups -OCH3 is 1. The highest BCUT2D eigenvalue weighted by Crippen LogP contribution is 2.37. The lowest BCUT2D eigenvalue weighted by atomic mass is 9.88. The van der Waals surface area contributed by atoms with E-state index in [0.29, 0.717) is 12.4 Å². The van der Waals surface area contributed by atoms with Gasteiger partial charge in [-0.3, -0.25) is 4.79 Å². The van der Waals surface area contributed by atoms with E-state index >= 15 is 0 Å². The molecule has 5 N–H and O–H groups in total. The van der Waals surface area contributed by atoms with Gasteiger partial charge in [-0.2, -0.15) is 0 Å². The summed E-state index contributed by atoms with van der Waals surface area (Å²) in [5.74, 6) is -0.290. The Balaban J connectivity index is 1.67. The van der Waals surface area contributed by atoms with E-state index in [1.165, 1.54) is 6.92 Å². The van der Waals surface area contributed by atoms with Crippen LogP contribution in [-0.4, -0.2) is 101 Å². The van der Waals surface area contributed by atoms with Crippen molar-refractivity contribution >= 4 is 17.9 Å². The molecule has 11 unspecified atom stereocenters. The number of carbonyl (C=O) groups is 2. The largest absolute Gasteiger partial charge is 0.457 e. The van der Waals surface area contributed by atoms with Crippen molar-refractivity contribution in [2.45, 2.75) is 116 Å². The number of carbonyl (C=O) groups excluding carboxylic acids is 2. The van der Waals surface area contributed by atoms with Gasteiger partial charge in [0.05, 0.1) is 30.8 Å². The van der Waals surface area contributed by atoms with E-state index in [-0.39, 0.29) is 61.9 Å². The van der Waals surface area contributed by atoms with Gasteiger partial charge in [0.15, 0.2) is 6.10 Å². The number of esters is 1. The van der Waals surface area contributed by atoms with Crippen molar-refractivity contribution in [3.8, 4) is 0 Å². The third-order valence-corrected chi connectivity index (χ3v) is 9.39. The van der Waals surface area contributed by atoms with Crippen LogP contribution < -0.4 is 10.6 Å². The molecule has 0 saturated carbocycles. The molecule has 2 aliphatic heterocycles. The average molecular weight is 688 g/mol. The highest BCUT2D eigenvalue weighted by atomic mass is 16.6. The second kappa shape index (κ2) is 19.2. The molecule has 0 spiro atoms. The summed E-state index contributed by atoms with van der Waals surface area (Å²) in [5.41, 5.74) is -0.787. The van der Waals surface area contributed by atoms with Gasteiger partial charge in [-0.1, -0.05) is 58.1 Å². The van der Waals surface area contributed by atoms with E-state index < -0.39 is 42.1 Å². The van der Waals surface area contributed by atoms with Crippen molar-refractivity contribution < 1.29 is 43.9 Å². The molecule has 12 nitrogen and oxygen atoms in total. The van der Waals surface area contributed by atoms with Gasteiger partial charge in [0.1, 0.15) is 23.6 Å². The number of aromatic nitrogens is 1. The summed E-state index contributed by atoms with van der Waals surface area (Å²) in [7, 11) is 1.69. The molecule has 3 rings (SSSR count). The molecule has 1 fully saturated rings. The Labute approximate surface area is 291 Å². The zero-order valence-electron chi connectivity index (χ0n) is 30.0. The number of hydrogen-bond acceptors (Lipinski definition) is 11. The van der Waals surface area contributed by atoms with E-state index in [1.54, 1.807) is 25.5 Å². The summed E-state index contributed by atoms with van der Waals surface area (Å²) < 4.78 is 22.9. The Hall–Kier alpha value is -3.29. The molecular weight excluding hydrogens is 630 g/mol. The van der Waals surface area contributed by atoms with Gasteiger partial charge in [-0.25, -0.2) is 9.78 Å². The highest BCUT2D eigenvalue weighted by Gasteiger charge is 2.50. The summed E-state index contributed by atoms with van der Waals surface area (Å²) in [5, 5.41) is 38.6. The number of allylic oxidation sites excluding steroid dienone is 2. The van der Waals surface area contributed by atoms with Crippen LogP contribution in [0.3, 0.4) is 0 Å². The normalized spacial score (nSPS) is 31.3. The topological polar surface area (TPSA) is 172 Å². The fraction of sp³-hybridized carbons (Fsp3) is 0.649. The molecule has 0 bridgehead atoms. The Kier molecular flexibility index (Phi) is 15.7. The second-order valence-electron chi connectivity index (χ2n) is 13.6. The molecule has 12 heteroatoms. The fourth-order valence-corrected chi connectivity index (χ4v) is 6.12. The number of alkyl carbamates (subject to hydrolysis) is 1. The van der Waals surface area contributed by atoms with E-state index in [4.69, 9.17) is 18.9 Å². The van der Waals surface area contributed by atoms with Gasteiger partial charge < -0.3 is 44.9 Å². The Bertz CT molecular complexity index is 1270. The highest BCUT2D eigenvalue weighted by molar-refractivity contribution is 5.70. The Morgan fingerprint density at radius 1 is 1.22 bits per heavy atom. The quantitative estimate of drug-likeness (QED) is 0.0620. The number of ether oxygens (including phenoxy) is 4. The van der Waals surface area contributed by atoms with Gasteiger partial charge in [-0.05, 0) is 56.9 Å². The summed E-state index contributed by atoms with van der Waals surface area (Å²) >= 11 is 0. The number of nitrogens with zero attached hydrogens (tertiary/aromatic N) is 1. The predicted molar refractivity (Wildman–Crippen MR) is 187 cm³/mol. The van der Waals surface area contributed by atoms with Crippen molar-refractivity contribution in [2.75, 3.05) is 25.5 Å². The maximum atomic E-state index is 12.8. The minimum Gasteiger partial charge on any atom is -0.457 e. The maximum absolute atomic E-state index is 12.8. The predicted octanol–water partition coefficient (Wildman–Crippen LogP) is 4.32. The molecule has 0 radical (unpaired) electrons. The first kappa shape index (κ1) is 40.1. The first-order chi connectivity index (χ1) is 23.3. The Morgan fingerprint density at radius 2 is 1.98 bits per heavy atom. The molecule has 1 amide bonds. The zero-order valence-corrected chi connectivity index (χ0v) is 30.0. The monoisotopic (exact) mass is 687 g/mol. The van der Waals surface area contributed by atoms with Crippen LogP contribution in [-0.2, 0) is 23.7 Å². The zero-order chi connectivity index (χ0) is 36.1. The second-order valence-corrected chi connectivity index (χ2v) is 13.6. The van der Waals surface area contributed by atoms with Crippen LogP contribution in [0.5, 0.6) is 0 Å². The standard InChI is InChI=1S/C37H57N3O9/c1-8-28(46-7)26(5)34-35(49-34)32(43)23(2)12-11-13-24(3)33-25(4)15-16-29(37(6,45)18-17-27(41)22-31(42)48-33)47-36(44)40-21-20-39-30-14-9-10-19-38-30/h9-16,19,23,25-29,32-35,41,43,45H,8,17-18,20-22H2,1-7H3,(H,38,39)(H,40,44)/b12-11+,16-15+,24-13+. The minimum absolute atomic E-state index is 0.0551. The lowest BCUT2D eigenvalue weighted by Crippen LogP contribution is -2.44. The third kappa shape index (κ3) is 12.5. The number of aliphatic hydroxyl groups excluding tert-OH is 2. The number of anilines is 1. The number of aliphatic hydroxyl groups is 3. The van der Waals surface area contributed by atoms with Crippen LogP contribution in [0.15, 0.2) is 60.3 Å². The lowest BCUT2D eigenvalue weighted by Gasteiger charge is -2.32. The van der Waals surface area contributed by atoms with Crippen molar-refractivity contribution in [3.63, 3.8) is 0 Å². The fourth-order valence-electron chi connectivity index (χ4n) is 6.12. The van der Waals surface area contributed by atoms with Crippen LogP contribution >= 0.6 is 0 Å². The smallest absolute Gasteiger partial charge is 0.407 e. The summed E-state index contributed by atoms with van der Waals surface area (Å²) in [6, 6.07) is 5.48. The van der Waals surface area contributed by atoms with Crippen molar-refractivity contribution in [3.05, 3.63) is 60.3 Å². The summed E-state index contributed by atoms with van der Waals surface area (Å²) in [4.78, 5) is 29.7. The van der Waals surface area contributed by atoms with Crippen LogP contribution in [0.2, 0.25) is 0 Å². The van der Waals surface area contributed by atoms with E-state index in [1.807, 2.05) is 57.2 Å². The molecule has 1 saturated heterocycles. The SMILES string of the molecule is CCC(OC)C(C)C1OC1C(O)C(C)/C=C/C=C(\C)C1OC(=O)CC(O)CCC(C)(O)C(OC(=O)NCCNc2ccccn2)/C=C/C1C. The molecule has 3 heterocycles. The van der Waals surface area contributed by atoms with Crippen LogP contribution in [0.25, 0.3) is 0 Å². The van der Waals surface area contributed by atoms with Gasteiger partial charge in [0.25, 0.3) is 0 Å². The molecule has 2 aliphatic rings. The first-order valence-corrected chi connectivity index (χ1v) is 17.4. The van der Waals surface area contributed by atoms with Gasteiger partial charge in [-0.15, -0.1) is 0 Å². The van der Waals surface area contributed by atoms with Crippen LogP contribution in [0.4, 0.5) is 10.6 Å². The molecule has 49 heavy (non-hydrogen) atoms. The molecule has 1 aromatic heterocycles. The van der Waals surface area contributed by atoms with Crippen molar-refractivity contribution in [2.24, 2.45) is 17.8 Å². The number of cyclic esters (lactones) is 1. The minimum atomic E-state index is -1.52. The Morgan fingerprint density at radius 3 is 2.65 bits per heavy atom. The number of nitrogens with one attached hydrogen (secondary N) is 2. The summed E-state index contributed by atoms with van der Waals surface area (Å²) in [6.07, 6.45) is 6.94. The molecule has 0 aromatic carbocycles. The number of epoxide rings is 1. The molecule has 274 valence electrons. The molecular formula is C37H57N3O9. The third-order valence-electron chi connectivity index (χ3n) is 9.39. The van der Waals surface area contributed by atoms with E-state index in [0.717, 1.165) is 12.0 Å². The first-order valence-electron chi connectivity index (χ1n) is 17.4. The van der Waals surface area contributed by atoms with Crippen LogP contribution in [0.1, 0.15) is 67.2 Å².